The largest absolute Gasteiger partial charge is 0.497 e. The molecule has 122 valence electrons. The Labute approximate surface area is 147 Å². The molecule has 0 aliphatic rings. The van der Waals surface area contributed by atoms with Crippen molar-refractivity contribution >= 4 is 11.4 Å². The van der Waals surface area contributed by atoms with Gasteiger partial charge in [-0.1, -0.05) is 60.7 Å². The Balaban J connectivity index is 2.00. The van der Waals surface area contributed by atoms with E-state index in [0.717, 1.165) is 22.4 Å². The van der Waals surface area contributed by atoms with Crippen LogP contribution in [0.2, 0.25) is 0 Å². The van der Waals surface area contributed by atoms with E-state index in [4.69, 9.17) is 4.74 Å². The van der Waals surface area contributed by atoms with Gasteiger partial charge in [-0.15, -0.1) is 5.73 Å². The van der Waals surface area contributed by atoms with Crippen molar-refractivity contribution in [2.24, 2.45) is 0 Å². The maximum absolute atomic E-state index is 12.4. The molecule has 0 fully saturated rings. The summed E-state index contributed by atoms with van der Waals surface area (Å²) in [6.07, 6.45) is 1.50. The number of ether oxygens (including phenoxy) is 1. The van der Waals surface area contributed by atoms with Crippen LogP contribution in [0.5, 0.6) is 5.75 Å². The number of carbonyl (C=O) groups is 1. The van der Waals surface area contributed by atoms with E-state index in [1.165, 1.54) is 6.08 Å². The highest BCUT2D eigenvalue weighted by molar-refractivity contribution is 6.05. The molecule has 0 spiro atoms. The minimum absolute atomic E-state index is 0.0907. The molecule has 0 atom stereocenters. The molecule has 0 bridgehead atoms. The number of ketones is 1. The summed E-state index contributed by atoms with van der Waals surface area (Å²) >= 11 is 0. The first-order valence-corrected chi connectivity index (χ1v) is 8.04. The topological polar surface area (TPSA) is 26.3 Å². The molecule has 0 aromatic heterocycles. The molecule has 2 nitrogen and oxygen atoms in total. The fraction of sp³-hybridized carbons (Fsp3) is 0.0435. The molecule has 0 heterocycles. The molecule has 0 aliphatic heterocycles. The van der Waals surface area contributed by atoms with E-state index in [2.05, 4.69) is 5.73 Å². The van der Waals surface area contributed by atoms with Crippen LogP contribution in [0.3, 0.4) is 0 Å². The van der Waals surface area contributed by atoms with Crippen molar-refractivity contribution in [3.8, 4) is 5.75 Å². The lowest BCUT2D eigenvalue weighted by molar-refractivity contribution is 0.104. The molecule has 0 aliphatic carbocycles. The summed E-state index contributed by atoms with van der Waals surface area (Å²) in [6.45, 7) is 0. The number of rotatable bonds is 5. The van der Waals surface area contributed by atoms with Gasteiger partial charge in [-0.2, -0.15) is 0 Å². The van der Waals surface area contributed by atoms with Gasteiger partial charge in [-0.3, -0.25) is 4.79 Å². The fourth-order valence-electron chi connectivity index (χ4n) is 2.52. The van der Waals surface area contributed by atoms with Crippen LogP contribution in [-0.4, -0.2) is 12.9 Å². The van der Waals surface area contributed by atoms with E-state index >= 15 is 0 Å². The molecule has 2 heteroatoms. The Morgan fingerprint density at radius 3 is 1.76 bits per heavy atom. The predicted octanol–water partition coefficient (Wildman–Crippen LogP) is 5.16. The highest BCUT2D eigenvalue weighted by Gasteiger charge is 2.05. The van der Waals surface area contributed by atoms with E-state index < -0.39 is 0 Å². The molecule has 0 saturated heterocycles. The number of benzene rings is 3. The average Bonchev–Trinajstić information content (AvgIpc) is 2.70. The molecule has 0 radical (unpaired) electrons. The number of allylic oxidation sites excluding steroid dienone is 1. The molecule has 0 saturated carbocycles. The van der Waals surface area contributed by atoms with Crippen molar-refractivity contribution in [3.05, 3.63) is 113 Å². The van der Waals surface area contributed by atoms with Gasteiger partial charge in [0.05, 0.1) is 7.11 Å². The highest BCUT2D eigenvalue weighted by atomic mass is 16.5. The van der Waals surface area contributed by atoms with Gasteiger partial charge in [0.15, 0.2) is 5.78 Å². The van der Waals surface area contributed by atoms with Gasteiger partial charge in [-0.25, -0.2) is 0 Å². The maximum atomic E-state index is 12.4. The minimum atomic E-state index is -0.0907. The summed E-state index contributed by atoms with van der Waals surface area (Å²) in [4.78, 5) is 12.4. The number of hydrogen-bond donors (Lipinski definition) is 0. The Kier molecular flexibility index (Phi) is 5.26. The molecule has 0 N–H and O–H groups in total. The number of methoxy groups -OCH3 is 1. The lowest BCUT2D eigenvalue weighted by Gasteiger charge is -2.05. The van der Waals surface area contributed by atoms with Crippen molar-refractivity contribution in [1.29, 1.82) is 0 Å². The van der Waals surface area contributed by atoms with Crippen LogP contribution in [0.4, 0.5) is 0 Å². The van der Waals surface area contributed by atoms with Gasteiger partial charge < -0.3 is 4.74 Å². The quantitative estimate of drug-likeness (QED) is 0.367. The Bertz CT molecular complexity index is 860. The van der Waals surface area contributed by atoms with Crippen LogP contribution in [0.15, 0.2) is 96.7 Å². The Morgan fingerprint density at radius 2 is 1.28 bits per heavy atom. The zero-order chi connectivity index (χ0) is 17.5. The molecule has 3 rings (SSSR count). The predicted molar refractivity (Wildman–Crippen MR) is 101 cm³/mol. The second kappa shape index (κ2) is 7.96. The Morgan fingerprint density at radius 1 is 0.760 bits per heavy atom. The summed E-state index contributed by atoms with van der Waals surface area (Å²) in [5.41, 5.74) is 6.73. The molecule has 0 amide bonds. The molecular formula is C23H18O2. The van der Waals surface area contributed by atoms with E-state index in [1.54, 1.807) is 31.4 Å². The van der Waals surface area contributed by atoms with Crippen molar-refractivity contribution in [3.63, 3.8) is 0 Å². The lowest BCUT2D eigenvalue weighted by Crippen LogP contribution is -1.94. The first-order valence-electron chi connectivity index (χ1n) is 8.04. The van der Waals surface area contributed by atoms with Crippen molar-refractivity contribution in [1.82, 2.24) is 0 Å². The monoisotopic (exact) mass is 326 g/mol. The van der Waals surface area contributed by atoms with Crippen molar-refractivity contribution in [2.45, 2.75) is 0 Å². The normalized spacial score (nSPS) is 9.80. The molecule has 3 aromatic rings. The molecule has 25 heavy (non-hydrogen) atoms. The summed E-state index contributed by atoms with van der Waals surface area (Å²) in [7, 11) is 1.60. The third-order valence-corrected chi connectivity index (χ3v) is 3.85. The van der Waals surface area contributed by atoms with Crippen LogP contribution in [-0.2, 0) is 0 Å². The third-order valence-electron chi connectivity index (χ3n) is 3.85. The van der Waals surface area contributed by atoms with Crippen LogP contribution in [0, 0.1) is 0 Å². The molecular weight excluding hydrogens is 308 g/mol. The van der Waals surface area contributed by atoms with Crippen LogP contribution >= 0.6 is 0 Å². The van der Waals surface area contributed by atoms with Crippen LogP contribution < -0.4 is 4.74 Å². The van der Waals surface area contributed by atoms with Gasteiger partial charge in [-0.05, 0) is 35.4 Å². The summed E-state index contributed by atoms with van der Waals surface area (Å²) < 4.78 is 5.12. The molecule has 3 aromatic carbocycles. The number of carbonyl (C=O) groups excluding carboxylic acids is 1. The van der Waals surface area contributed by atoms with E-state index in [9.17, 15) is 4.79 Å². The maximum Gasteiger partial charge on any atom is 0.193 e. The summed E-state index contributed by atoms with van der Waals surface area (Å²) in [5, 5.41) is 0. The third kappa shape index (κ3) is 4.14. The SMILES string of the molecule is COc1ccc(C(=O)C=C=C(c2ccccc2)c2ccccc2)cc1. The van der Waals surface area contributed by atoms with E-state index in [1.807, 2.05) is 60.7 Å². The summed E-state index contributed by atoms with van der Waals surface area (Å²) in [5.74, 6) is 0.636. The smallest absolute Gasteiger partial charge is 0.193 e. The average molecular weight is 326 g/mol. The van der Waals surface area contributed by atoms with Crippen LogP contribution in [0.1, 0.15) is 21.5 Å². The van der Waals surface area contributed by atoms with Gasteiger partial charge in [0.1, 0.15) is 5.75 Å². The van der Waals surface area contributed by atoms with Gasteiger partial charge >= 0.3 is 0 Å². The zero-order valence-corrected chi connectivity index (χ0v) is 14.0. The standard InChI is InChI=1S/C23H18O2/c1-25-21-14-12-20(13-15-21)23(24)17-16-22(18-8-4-2-5-9-18)19-10-6-3-7-11-19/h2-15,17H,1H3. The second-order valence-electron chi connectivity index (χ2n) is 5.49. The van der Waals surface area contributed by atoms with Crippen LogP contribution in [0.25, 0.3) is 5.57 Å². The highest BCUT2D eigenvalue weighted by Crippen LogP contribution is 2.22. The zero-order valence-electron chi connectivity index (χ0n) is 14.0. The number of hydrogen-bond acceptors (Lipinski definition) is 2. The Hall–Kier alpha value is -3.35. The fourth-order valence-corrected chi connectivity index (χ4v) is 2.52. The lowest BCUT2D eigenvalue weighted by atomic mass is 9.98. The van der Waals surface area contributed by atoms with Crippen molar-refractivity contribution < 1.29 is 9.53 Å². The van der Waals surface area contributed by atoms with Gasteiger partial charge in [0, 0.05) is 17.2 Å². The van der Waals surface area contributed by atoms with Gasteiger partial charge in [0.2, 0.25) is 0 Å². The van der Waals surface area contributed by atoms with Gasteiger partial charge in [0.25, 0.3) is 0 Å². The van der Waals surface area contributed by atoms with E-state index in [0.29, 0.717) is 5.56 Å². The minimum Gasteiger partial charge on any atom is -0.497 e. The van der Waals surface area contributed by atoms with Crippen molar-refractivity contribution in [2.75, 3.05) is 7.11 Å². The first kappa shape index (κ1) is 16.5. The first-order chi connectivity index (χ1) is 12.3. The molecule has 0 unspecified atom stereocenters. The summed E-state index contributed by atoms with van der Waals surface area (Å²) in [6, 6.07) is 27.0. The van der Waals surface area contributed by atoms with E-state index in [-0.39, 0.29) is 5.78 Å². The second-order valence-corrected chi connectivity index (χ2v) is 5.49.